The molecule has 0 spiro atoms. The van der Waals surface area contributed by atoms with Crippen LogP contribution in [0.25, 0.3) is 10.8 Å². The van der Waals surface area contributed by atoms with Gasteiger partial charge in [-0.3, -0.25) is 0 Å². The predicted octanol–water partition coefficient (Wildman–Crippen LogP) is 5.79. The second-order valence-corrected chi connectivity index (χ2v) is 12.0. The molecule has 3 aromatic carbocycles. The number of aliphatic imine (C=N–C) groups is 2. The van der Waals surface area contributed by atoms with E-state index in [0.717, 1.165) is 48.8 Å². The lowest BCUT2D eigenvalue weighted by Gasteiger charge is -2.33. The van der Waals surface area contributed by atoms with E-state index in [1.54, 1.807) is 7.11 Å². The highest BCUT2D eigenvalue weighted by Gasteiger charge is 2.27. The average molecular weight is 606 g/mol. The fourth-order valence-electron chi connectivity index (χ4n) is 6.37. The number of hydrogen-bond acceptors (Lipinski definition) is 9. The van der Waals surface area contributed by atoms with E-state index < -0.39 is 0 Å². The lowest BCUT2D eigenvalue weighted by molar-refractivity contribution is 0.187. The van der Waals surface area contributed by atoms with Crippen LogP contribution in [0, 0.1) is 6.92 Å². The zero-order chi connectivity index (χ0) is 31.2. The number of nitrogens with zero attached hydrogens (tertiary/aromatic N) is 7. The van der Waals surface area contributed by atoms with Crippen LogP contribution in [-0.2, 0) is 19.5 Å². The third-order valence-corrected chi connectivity index (χ3v) is 9.00. The molecule has 2 aliphatic heterocycles. The predicted molar refractivity (Wildman–Crippen MR) is 181 cm³/mol. The monoisotopic (exact) mass is 605 g/mol. The third kappa shape index (κ3) is 7.11. The molecule has 9 nitrogen and oxygen atoms in total. The highest BCUT2D eigenvalue weighted by molar-refractivity contribution is 5.97. The van der Waals surface area contributed by atoms with Crippen LogP contribution in [-0.4, -0.2) is 80.9 Å². The molecule has 45 heavy (non-hydrogen) atoms. The standard InChI is InChI=1S/C36H43N7O2/c1-26-8-5-9-28-10-6-12-33(34(26)28)43-20-17-31-32(23-43)39-36(45-24-29-11-7-19-41(29)2)40-35(31)42(3)21-18-37-25-38-22-27-13-15-30(44-4)16-14-27/h5-6,8-10,12-16,29H,7,11,17-24H2,1-4H3. The molecule has 1 aromatic heterocycles. The molecule has 0 amide bonds. The summed E-state index contributed by atoms with van der Waals surface area (Å²) in [4.78, 5) is 25.7. The quantitative estimate of drug-likeness (QED) is 0.200. The largest absolute Gasteiger partial charge is 0.497 e. The number of likely N-dealkylation sites (tertiary alicyclic amines) is 1. The van der Waals surface area contributed by atoms with E-state index >= 15 is 0 Å². The molecule has 6 rings (SSSR count). The first-order chi connectivity index (χ1) is 22.0. The summed E-state index contributed by atoms with van der Waals surface area (Å²) in [6, 6.07) is 24.7. The van der Waals surface area contributed by atoms with Crippen LogP contribution in [0.5, 0.6) is 11.8 Å². The number of fused-ring (bicyclic) bond motifs is 2. The highest BCUT2D eigenvalue weighted by Crippen LogP contribution is 2.35. The Morgan fingerprint density at radius 1 is 1.02 bits per heavy atom. The van der Waals surface area contributed by atoms with Crippen molar-refractivity contribution in [3.63, 3.8) is 0 Å². The van der Waals surface area contributed by atoms with E-state index in [4.69, 9.17) is 19.4 Å². The number of hydrogen-bond donors (Lipinski definition) is 0. The smallest absolute Gasteiger partial charge is 0.318 e. The molecule has 0 aliphatic carbocycles. The Morgan fingerprint density at radius 2 is 1.84 bits per heavy atom. The molecular formula is C36H43N7O2. The van der Waals surface area contributed by atoms with Gasteiger partial charge in [0.15, 0.2) is 0 Å². The number of aromatic nitrogens is 2. The second kappa shape index (κ2) is 14.1. The van der Waals surface area contributed by atoms with Gasteiger partial charge in [0.1, 0.15) is 18.2 Å². The summed E-state index contributed by atoms with van der Waals surface area (Å²) in [6.45, 7) is 7.28. The molecule has 0 N–H and O–H groups in total. The summed E-state index contributed by atoms with van der Waals surface area (Å²) in [5, 5.41) is 2.57. The maximum absolute atomic E-state index is 6.29. The minimum Gasteiger partial charge on any atom is -0.497 e. The maximum Gasteiger partial charge on any atom is 0.318 e. The summed E-state index contributed by atoms with van der Waals surface area (Å²) < 4.78 is 11.5. The van der Waals surface area contributed by atoms with Crippen molar-refractivity contribution in [1.82, 2.24) is 14.9 Å². The molecular weight excluding hydrogens is 562 g/mol. The van der Waals surface area contributed by atoms with Gasteiger partial charge in [-0.25, -0.2) is 9.98 Å². The van der Waals surface area contributed by atoms with Crippen molar-refractivity contribution < 1.29 is 9.47 Å². The number of aryl methyl sites for hydroxylation is 1. The molecule has 0 bridgehead atoms. The Morgan fingerprint density at radius 3 is 2.62 bits per heavy atom. The first-order valence-corrected chi connectivity index (χ1v) is 15.9. The number of rotatable bonds is 11. The fraction of sp³-hybridized carbons (Fsp3) is 0.417. The number of anilines is 2. The van der Waals surface area contributed by atoms with Crippen LogP contribution in [0.4, 0.5) is 11.5 Å². The summed E-state index contributed by atoms with van der Waals surface area (Å²) in [5.41, 5.74) is 5.85. The van der Waals surface area contributed by atoms with Crippen molar-refractivity contribution in [1.29, 1.82) is 0 Å². The van der Waals surface area contributed by atoms with E-state index in [0.29, 0.717) is 44.8 Å². The van der Waals surface area contributed by atoms with Crippen LogP contribution in [0.1, 0.15) is 35.2 Å². The molecule has 234 valence electrons. The van der Waals surface area contributed by atoms with E-state index in [1.165, 1.54) is 34.0 Å². The summed E-state index contributed by atoms with van der Waals surface area (Å²) in [5.74, 6) is 1.76. The van der Waals surface area contributed by atoms with E-state index in [1.807, 2.05) is 24.3 Å². The minimum atomic E-state index is 0.396. The number of likely N-dealkylation sites (N-methyl/N-ethyl adjacent to an activating group) is 2. The van der Waals surface area contributed by atoms with Crippen molar-refractivity contribution in [2.45, 2.75) is 45.3 Å². The van der Waals surface area contributed by atoms with Crippen molar-refractivity contribution in [2.24, 2.45) is 9.98 Å². The summed E-state index contributed by atoms with van der Waals surface area (Å²) in [7, 11) is 5.90. The normalized spacial score (nSPS) is 16.3. The molecule has 0 radical (unpaired) electrons. The first kappa shape index (κ1) is 30.6. The molecule has 2 aliphatic rings. The average Bonchev–Trinajstić information content (AvgIpc) is 3.49. The van der Waals surface area contributed by atoms with Crippen LogP contribution < -0.4 is 19.3 Å². The Labute approximate surface area is 266 Å². The molecule has 1 saturated heterocycles. The van der Waals surface area contributed by atoms with Gasteiger partial charge >= 0.3 is 6.01 Å². The third-order valence-electron chi connectivity index (χ3n) is 9.00. The zero-order valence-corrected chi connectivity index (χ0v) is 26.9. The van der Waals surface area contributed by atoms with Gasteiger partial charge in [-0.05, 0) is 74.5 Å². The van der Waals surface area contributed by atoms with Crippen molar-refractivity contribution in [3.8, 4) is 11.8 Å². The molecule has 9 heteroatoms. The number of benzene rings is 3. The van der Waals surface area contributed by atoms with Crippen LogP contribution >= 0.6 is 0 Å². The van der Waals surface area contributed by atoms with E-state index in [2.05, 4.69) is 88.1 Å². The van der Waals surface area contributed by atoms with Gasteiger partial charge in [0.05, 0.1) is 38.4 Å². The SMILES string of the molecule is COc1ccc(CN=C=NCCN(C)c2nc(OCC3CCCN3C)nc3c2CCN(c2cccc4cccc(C)c24)C3)cc1. The Balaban J connectivity index is 1.20. The molecule has 1 unspecified atom stereocenters. The van der Waals surface area contributed by atoms with Gasteiger partial charge < -0.3 is 24.2 Å². The molecule has 1 atom stereocenters. The van der Waals surface area contributed by atoms with Crippen molar-refractivity contribution in [2.75, 3.05) is 63.8 Å². The van der Waals surface area contributed by atoms with Gasteiger partial charge in [0.2, 0.25) is 0 Å². The van der Waals surface area contributed by atoms with Gasteiger partial charge in [0, 0.05) is 42.8 Å². The van der Waals surface area contributed by atoms with Crippen LogP contribution in [0.3, 0.4) is 0 Å². The van der Waals surface area contributed by atoms with Crippen LogP contribution in [0.15, 0.2) is 70.6 Å². The first-order valence-electron chi connectivity index (χ1n) is 15.9. The summed E-state index contributed by atoms with van der Waals surface area (Å²) >= 11 is 0. The number of methoxy groups -OCH3 is 1. The van der Waals surface area contributed by atoms with Crippen molar-refractivity contribution >= 4 is 28.3 Å². The topological polar surface area (TPSA) is 78.7 Å². The second-order valence-electron chi connectivity index (χ2n) is 12.0. The minimum absolute atomic E-state index is 0.396. The Bertz CT molecular complexity index is 1680. The molecule has 1 fully saturated rings. The summed E-state index contributed by atoms with van der Waals surface area (Å²) in [6.07, 6.45) is 3.20. The molecule has 0 saturated carbocycles. The fourth-order valence-corrected chi connectivity index (χ4v) is 6.37. The van der Waals surface area contributed by atoms with E-state index in [9.17, 15) is 0 Å². The lowest BCUT2D eigenvalue weighted by Crippen LogP contribution is -2.35. The van der Waals surface area contributed by atoms with Gasteiger partial charge in [-0.15, -0.1) is 0 Å². The zero-order valence-electron chi connectivity index (χ0n) is 26.9. The van der Waals surface area contributed by atoms with Gasteiger partial charge in [0.25, 0.3) is 0 Å². The highest BCUT2D eigenvalue weighted by atomic mass is 16.5. The van der Waals surface area contributed by atoms with E-state index in [-0.39, 0.29) is 0 Å². The number of ether oxygens (including phenoxy) is 2. The van der Waals surface area contributed by atoms with Crippen molar-refractivity contribution in [3.05, 3.63) is 83.0 Å². The molecule has 3 heterocycles. The van der Waals surface area contributed by atoms with Gasteiger partial charge in [-0.2, -0.15) is 9.97 Å². The maximum atomic E-state index is 6.29. The Hall–Kier alpha value is -4.46. The lowest BCUT2D eigenvalue weighted by atomic mass is 10.00. The van der Waals surface area contributed by atoms with Crippen LogP contribution in [0.2, 0.25) is 0 Å². The van der Waals surface area contributed by atoms with Gasteiger partial charge in [-0.1, -0.05) is 42.5 Å². The Kier molecular flexibility index (Phi) is 9.58. The molecule has 4 aromatic rings.